The van der Waals surface area contributed by atoms with Crippen LogP contribution in [0.15, 0.2) is 14.4 Å². The lowest BCUT2D eigenvalue weighted by Gasteiger charge is -2.12. The Kier molecular flexibility index (Phi) is 2.97. The van der Waals surface area contributed by atoms with Crippen LogP contribution in [0.1, 0.15) is 0 Å². The van der Waals surface area contributed by atoms with Crippen LogP contribution < -0.4 is 16.9 Å². The minimum absolute atomic E-state index is 0.233. The molecule has 0 unspecified atom stereocenters. The number of aryl methyl sites for hydroxylation is 2. The van der Waals surface area contributed by atoms with Gasteiger partial charge in [-0.3, -0.25) is 28.0 Å². The van der Waals surface area contributed by atoms with Gasteiger partial charge in [0.15, 0.2) is 11.2 Å². The molecule has 0 atom stereocenters. The molecular weight excluding hydrogens is 250 g/mol. The van der Waals surface area contributed by atoms with Crippen LogP contribution in [0.5, 0.6) is 0 Å². The Labute approximate surface area is 108 Å². The van der Waals surface area contributed by atoms with E-state index >= 15 is 0 Å². The number of rotatable bonds is 2. The average Bonchev–Trinajstić information content (AvgIpc) is 2.58. The van der Waals surface area contributed by atoms with Crippen molar-refractivity contribution in [2.75, 3.05) is 14.1 Å². The van der Waals surface area contributed by atoms with Crippen molar-refractivity contribution < 1.29 is 0 Å². The maximum atomic E-state index is 12.2. The number of hydrogen-bond donors (Lipinski definition) is 0. The molecule has 8 nitrogen and oxygen atoms in total. The molecular formula is C11H17N5O3. The van der Waals surface area contributed by atoms with Crippen LogP contribution in [0.2, 0.25) is 0 Å². The largest absolute Gasteiger partial charge is 0.332 e. The van der Waals surface area contributed by atoms with Gasteiger partial charge in [-0.2, -0.15) is 0 Å². The Morgan fingerprint density at radius 2 is 1.47 bits per heavy atom. The third-order valence-corrected chi connectivity index (χ3v) is 3.14. The van der Waals surface area contributed by atoms with Gasteiger partial charge in [0.25, 0.3) is 5.56 Å². The summed E-state index contributed by atoms with van der Waals surface area (Å²) in [6.07, 6.45) is 0. The fourth-order valence-electron chi connectivity index (χ4n) is 2.20. The zero-order valence-corrected chi connectivity index (χ0v) is 11.7. The Morgan fingerprint density at radius 1 is 0.895 bits per heavy atom. The molecule has 0 aliphatic heterocycles. The predicted octanol–water partition coefficient (Wildman–Crippen LogP) is -1.74. The van der Waals surface area contributed by atoms with Crippen molar-refractivity contribution in [2.24, 2.45) is 21.1 Å². The van der Waals surface area contributed by atoms with Crippen molar-refractivity contribution in [2.45, 2.75) is 6.67 Å². The van der Waals surface area contributed by atoms with E-state index in [9.17, 15) is 14.4 Å². The van der Waals surface area contributed by atoms with E-state index in [1.165, 1.54) is 27.8 Å². The number of fused-ring (bicyclic) bond motifs is 1. The normalized spacial score (nSPS) is 11.7. The highest BCUT2D eigenvalue weighted by Gasteiger charge is 2.19. The van der Waals surface area contributed by atoms with Crippen molar-refractivity contribution in [1.29, 1.82) is 0 Å². The molecule has 8 heteroatoms. The van der Waals surface area contributed by atoms with Crippen molar-refractivity contribution in [1.82, 2.24) is 23.2 Å². The summed E-state index contributed by atoms with van der Waals surface area (Å²) in [7, 11) is 8.10. The Balaban J connectivity index is 3.10. The fourth-order valence-corrected chi connectivity index (χ4v) is 2.20. The third-order valence-electron chi connectivity index (χ3n) is 3.14. The lowest BCUT2D eigenvalue weighted by molar-refractivity contribution is 0.323. The highest BCUT2D eigenvalue weighted by molar-refractivity contribution is 5.70. The van der Waals surface area contributed by atoms with E-state index in [0.717, 1.165) is 4.57 Å². The average molecular weight is 267 g/mol. The standard InChI is InChI=1S/C11H17N5O3/c1-12(2)6-16-8-7(13(3)11(16)19)9(17)15(5)10(18)14(8)4/h6H2,1-5H3. The van der Waals surface area contributed by atoms with Gasteiger partial charge in [-0.15, -0.1) is 0 Å². The number of imidazole rings is 1. The molecule has 0 radical (unpaired) electrons. The molecule has 0 aromatic carbocycles. The molecule has 2 aromatic heterocycles. The second kappa shape index (κ2) is 4.23. The molecule has 0 aliphatic carbocycles. The van der Waals surface area contributed by atoms with E-state index in [1.54, 1.807) is 11.9 Å². The molecule has 0 fully saturated rings. The highest BCUT2D eigenvalue weighted by Crippen LogP contribution is 2.05. The van der Waals surface area contributed by atoms with Crippen molar-refractivity contribution in [3.05, 3.63) is 31.3 Å². The summed E-state index contributed by atoms with van der Waals surface area (Å²) in [6.45, 7) is 0.302. The summed E-state index contributed by atoms with van der Waals surface area (Å²) in [6, 6.07) is 0. The van der Waals surface area contributed by atoms with Crippen molar-refractivity contribution in [3.63, 3.8) is 0 Å². The number of aromatic nitrogens is 4. The van der Waals surface area contributed by atoms with Crippen molar-refractivity contribution >= 4 is 11.2 Å². The van der Waals surface area contributed by atoms with Crippen LogP contribution in [-0.2, 0) is 27.8 Å². The van der Waals surface area contributed by atoms with Crippen LogP contribution >= 0.6 is 0 Å². The van der Waals surface area contributed by atoms with E-state index < -0.39 is 11.2 Å². The molecule has 2 heterocycles. The van der Waals surface area contributed by atoms with Crippen LogP contribution in [-0.4, -0.2) is 37.3 Å². The number of hydrogen-bond acceptors (Lipinski definition) is 4. The maximum absolute atomic E-state index is 12.2. The highest BCUT2D eigenvalue weighted by atomic mass is 16.2. The molecule has 19 heavy (non-hydrogen) atoms. The molecule has 0 saturated heterocycles. The second-order valence-corrected chi connectivity index (χ2v) is 4.87. The van der Waals surface area contributed by atoms with Gasteiger partial charge in [-0.05, 0) is 14.1 Å². The van der Waals surface area contributed by atoms with E-state index in [4.69, 9.17) is 0 Å². The smallest absolute Gasteiger partial charge is 0.292 e. The Bertz CT molecular complexity index is 818. The SMILES string of the molecule is CN(C)Cn1c(=O)n(C)c2c(=O)n(C)c(=O)n(C)c21. The first-order valence-corrected chi connectivity index (χ1v) is 5.77. The quantitative estimate of drug-likeness (QED) is 0.647. The predicted molar refractivity (Wildman–Crippen MR) is 71.3 cm³/mol. The fraction of sp³-hybridized carbons (Fsp3) is 0.545. The van der Waals surface area contributed by atoms with Gasteiger partial charge in [0, 0.05) is 21.1 Å². The lowest BCUT2D eigenvalue weighted by Crippen LogP contribution is -2.38. The van der Waals surface area contributed by atoms with Gasteiger partial charge >= 0.3 is 11.4 Å². The molecule has 0 saturated carbocycles. The first kappa shape index (κ1) is 13.3. The van der Waals surface area contributed by atoms with Gasteiger partial charge in [0.1, 0.15) is 0 Å². The molecule has 2 aromatic rings. The Morgan fingerprint density at radius 3 is 2.00 bits per heavy atom. The van der Waals surface area contributed by atoms with Gasteiger partial charge in [0.05, 0.1) is 6.67 Å². The number of nitrogens with zero attached hydrogens (tertiary/aromatic N) is 5. The minimum Gasteiger partial charge on any atom is -0.292 e. The van der Waals surface area contributed by atoms with Gasteiger partial charge in [-0.25, -0.2) is 9.59 Å². The summed E-state index contributed by atoms with van der Waals surface area (Å²) in [5.74, 6) is 0. The summed E-state index contributed by atoms with van der Waals surface area (Å²) in [4.78, 5) is 38.1. The zero-order chi connectivity index (χ0) is 14.5. The van der Waals surface area contributed by atoms with E-state index in [2.05, 4.69) is 0 Å². The topological polar surface area (TPSA) is 74.2 Å². The van der Waals surface area contributed by atoms with Gasteiger partial charge in [0.2, 0.25) is 0 Å². The maximum Gasteiger partial charge on any atom is 0.332 e. The van der Waals surface area contributed by atoms with E-state index in [0.29, 0.717) is 12.3 Å². The van der Waals surface area contributed by atoms with Crippen LogP contribution in [0, 0.1) is 0 Å². The summed E-state index contributed by atoms with van der Waals surface area (Å²) >= 11 is 0. The van der Waals surface area contributed by atoms with E-state index in [1.807, 2.05) is 14.1 Å². The third kappa shape index (κ3) is 1.75. The minimum atomic E-state index is -0.463. The zero-order valence-electron chi connectivity index (χ0n) is 11.7. The van der Waals surface area contributed by atoms with Crippen LogP contribution in [0.25, 0.3) is 11.2 Å². The van der Waals surface area contributed by atoms with Crippen LogP contribution in [0.4, 0.5) is 0 Å². The molecule has 0 bridgehead atoms. The molecule has 0 aliphatic rings. The van der Waals surface area contributed by atoms with Gasteiger partial charge < -0.3 is 0 Å². The van der Waals surface area contributed by atoms with Crippen molar-refractivity contribution in [3.8, 4) is 0 Å². The molecule has 0 spiro atoms. The first-order chi connectivity index (χ1) is 8.77. The summed E-state index contributed by atoms with van der Waals surface area (Å²) < 4.78 is 5.02. The lowest BCUT2D eigenvalue weighted by atomic mass is 10.5. The molecule has 0 N–H and O–H groups in total. The summed E-state index contributed by atoms with van der Waals surface area (Å²) in [5.41, 5.74) is -0.654. The molecule has 0 amide bonds. The molecule has 104 valence electrons. The first-order valence-electron chi connectivity index (χ1n) is 5.77. The Hall–Kier alpha value is -2.09. The second-order valence-electron chi connectivity index (χ2n) is 4.87. The van der Waals surface area contributed by atoms with E-state index in [-0.39, 0.29) is 11.2 Å². The molecule has 2 rings (SSSR count). The monoisotopic (exact) mass is 267 g/mol. The summed E-state index contributed by atoms with van der Waals surface area (Å²) in [5, 5.41) is 0. The van der Waals surface area contributed by atoms with Gasteiger partial charge in [-0.1, -0.05) is 0 Å². The van der Waals surface area contributed by atoms with Crippen LogP contribution in [0.3, 0.4) is 0 Å².